The van der Waals surface area contributed by atoms with Crippen LogP contribution in [0.25, 0.3) is 0 Å². The quantitative estimate of drug-likeness (QED) is 0.760. The zero-order chi connectivity index (χ0) is 10.7. The number of nitrogens with zero attached hydrogens (tertiary/aromatic N) is 2. The lowest BCUT2D eigenvalue weighted by Gasteiger charge is -2.35. The summed E-state index contributed by atoms with van der Waals surface area (Å²) in [6, 6.07) is 3.99. The standard InChI is InChI=1S/C11H17N3O/c12-9-4-5-11(13-7-9)14-6-2-1-3-10(14)8-15/h4-5,7,10,15H,1-3,6,8,12H2/t10-/m0/s1. The number of hydrogen-bond acceptors (Lipinski definition) is 4. The molecule has 1 fully saturated rings. The van der Waals surface area contributed by atoms with Gasteiger partial charge in [0.2, 0.25) is 0 Å². The number of aliphatic hydroxyl groups is 1. The van der Waals surface area contributed by atoms with E-state index < -0.39 is 0 Å². The Bertz CT molecular complexity index is 312. The van der Waals surface area contributed by atoms with Crippen LogP contribution in [0.5, 0.6) is 0 Å². The molecule has 1 atom stereocenters. The molecule has 0 saturated carbocycles. The van der Waals surface area contributed by atoms with Crippen LogP contribution in [-0.2, 0) is 0 Å². The minimum atomic E-state index is 0.200. The third-order valence-electron chi connectivity index (χ3n) is 2.90. The summed E-state index contributed by atoms with van der Waals surface area (Å²) < 4.78 is 0. The lowest BCUT2D eigenvalue weighted by atomic mass is 10.0. The monoisotopic (exact) mass is 207 g/mol. The largest absolute Gasteiger partial charge is 0.397 e. The van der Waals surface area contributed by atoms with E-state index in [1.54, 1.807) is 6.20 Å². The van der Waals surface area contributed by atoms with Gasteiger partial charge >= 0.3 is 0 Å². The maximum atomic E-state index is 9.28. The minimum absolute atomic E-state index is 0.200. The van der Waals surface area contributed by atoms with Crippen molar-refractivity contribution in [3.05, 3.63) is 18.3 Å². The molecule has 2 heterocycles. The van der Waals surface area contributed by atoms with Crippen molar-refractivity contribution < 1.29 is 5.11 Å². The highest BCUT2D eigenvalue weighted by atomic mass is 16.3. The predicted molar refractivity (Wildman–Crippen MR) is 60.7 cm³/mol. The Hall–Kier alpha value is -1.29. The highest BCUT2D eigenvalue weighted by Crippen LogP contribution is 2.23. The fourth-order valence-corrected chi connectivity index (χ4v) is 2.06. The zero-order valence-corrected chi connectivity index (χ0v) is 8.76. The molecule has 0 unspecified atom stereocenters. The van der Waals surface area contributed by atoms with Gasteiger partial charge in [-0.05, 0) is 31.4 Å². The van der Waals surface area contributed by atoms with Crippen molar-refractivity contribution in [1.82, 2.24) is 4.98 Å². The second kappa shape index (κ2) is 4.49. The number of hydrogen-bond donors (Lipinski definition) is 2. The minimum Gasteiger partial charge on any atom is -0.397 e. The molecule has 0 amide bonds. The van der Waals surface area contributed by atoms with Gasteiger partial charge in [-0.25, -0.2) is 4.98 Å². The smallest absolute Gasteiger partial charge is 0.128 e. The molecule has 1 aromatic heterocycles. The van der Waals surface area contributed by atoms with Gasteiger partial charge in [0.1, 0.15) is 5.82 Å². The molecular formula is C11H17N3O. The summed E-state index contributed by atoms with van der Waals surface area (Å²) in [4.78, 5) is 6.46. The van der Waals surface area contributed by atoms with Crippen molar-refractivity contribution in [1.29, 1.82) is 0 Å². The first-order valence-electron chi connectivity index (χ1n) is 5.40. The molecule has 82 valence electrons. The zero-order valence-electron chi connectivity index (χ0n) is 8.76. The van der Waals surface area contributed by atoms with E-state index in [-0.39, 0.29) is 12.6 Å². The molecule has 4 heteroatoms. The van der Waals surface area contributed by atoms with Crippen molar-refractivity contribution in [3.8, 4) is 0 Å². The van der Waals surface area contributed by atoms with E-state index >= 15 is 0 Å². The number of aliphatic hydroxyl groups excluding tert-OH is 1. The average Bonchev–Trinajstić information content (AvgIpc) is 2.30. The Morgan fingerprint density at radius 2 is 2.33 bits per heavy atom. The van der Waals surface area contributed by atoms with E-state index in [1.165, 1.54) is 12.8 Å². The molecule has 3 N–H and O–H groups in total. The highest BCUT2D eigenvalue weighted by Gasteiger charge is 2.22. The molecule has 0 bridgehead atoms. The van der Waals surface area contributed by atoms with Gasteiger partial charge in [0.25, 0.3) is 0 Å². The van der Waals surface area contributed by atoms with Crippen molar-refractivity contribution >= 4 is 11.5 Å². The van der Waals surface area contributed by atoms with Crippen molar-refractivity contribution in [2.24, 2.45) is 0 Å². The first-order valence-corrected chi connectivity index (χ1v) is 5.40. The van der Waals surface area contributed by atoms with Gasteiger partial charge in [-0.15, -0.1) is 0 Å². The molecule has 1 aliphatic rings. The molecule has 0 spiro atoms. The number of pyridine rings is 1. The van der Waals surface area contributed by atoms with Crippen molar-refractivity contribution in [3.63, 3.8) is 0 Å². The number of piperidine rings is 1. The van der Waals surface area contributed by atoms with Gasteiger partial charge in [-0.3, -0.25) is 0 Å². The summed E-state index contributed by atoms with van der Waals surface area (Å²) in [6.45, 7) is 1.17. The fraction of sp³-hybridized carbons (Fsp3) is 0.545. The molecule has 1 saturated heterocycles. The van der Waals surface area contributed by atoms with Crippen LogP contribution in [0.3, 0.4) is 0 Å². The van der Waals surface area contributed by atoms with Crippen LogP contribution in [0.2, 0.25) is 0 Å². The summed E-state index contributed by atoms with van der Waals surface area (Å²) in [5.41, 5.74) is 6.27. The maximum Gasteiger partial charge on any atom is 0.128 e. The Morgan fingerprint density at radius 3 is 3.00 bits per heavy atom. The normalized spacial score (nSPS) is 21.7. The third kappa shape index (κ3) is 2.21. The van der Waals surface area contributed by atoms with Crippen LogP contribution in [0.4, 0.5) is 11.5 Å². The first-order chi connectivity index (χ1) is 7.31. The van der Waals surface area contributed by atoms with Crippen LogP contribution in [0, 0.1) is 0 Å². The van der Waals surface area contributed by atoms with E-state index in [1.807, 2.05) is 12.1 Å². The third-order valence-corrected chi connectivity index (χ3v) is 2.90. The highest BCUT2D eigenvalue weighted by molar-refractivity contribution is 5.46. The summed E-state index contributed by atoms with van der Waals surface area (Å²) in [5, 5.41) is 9.28. The lowest BCUT2D eigenvalue weighted by Crippen LogP contribution is -2.42. The average molecular weight is 207 g/mol. The summed E-state index contributed by atoms with van der Waals surface area (Å²) in [6.07, 6.45) is 5.07. The van der Waals surface area contributed by atoms with Gasteiger partial charge in [0.15, 0.2) is 0 Å². The molecule has 15 heavy (non-hydrogen) atoms. The SMILES string of the molecule is Nc1ccc(N2CCCC[C@H]2CO)nc1. The number of nitrogen functional groups attached to an aromatic ring is 1. The second-order valence-corrected chi connectivity index (χ2v) is 3.98. The number of anilines is 2. The van der Waals surface area contributed by atoms with E-state index in [2.05, 4.69) is 9.88 Å². The van der Waals surface area contributed by atoms with Crippen LogP contribution in [0.15, 0.2) is 18.3 Å². The second-order valence-electron chi connectivity index (χ2n) is 3.98. The summed E-state index contributed by atoms with van der Waals surface area (Å²) >= 11 is 0. The van der Waals surface area contributed by atoms with Crippen LogP contribution in [-0.4, -0.2) is 29.3 Å². The van der Waals surface area contributed by atoms with Gasteiger partial charge in [-0.1, -0.05) is 0 Å². The molecular weight excluding hydrogens is 190 g/mol. The number of nitrogens with two attached hydrogens (primary N) is 1. The van der Waals surface area contributed by atoms with E-state index in [9.17, 15) is 5.11 Å². The van der Waals surface area contributed by atoms with E-state index in [0.717, 1.165) is 18.8 Å². The fourth-order valence-electron chi connectivity index (χ4n) is 2.06. The first kappa shape index (κ1) is 10.2. The van der Waals surface area contributed by atoms with Gasteiger partial charge in [0.05, 0.1) is 24.5 Å². The van der Waals surface area contributed by atoms with Crippen LogP contribution >= 0.6 is 0 Å². The van der Waals surface area contributed by atoms with Crippen LogP contribution < -0.4 is 10.6 Å². The Labute approximate surface area is 89.7 Å². The van der Waals surface area contributed by atoms with Crippen LogP contribution in [0.1, 0.15) is 19.3 Å². The molecule has 1 aromatic rings. The topological polar surface area (TPSA) is 62.4 Å². The lowest BCUT2D eigenvalue weighted by molar-refractivity contribution is 0.239. The molecule has 2 rings (SSSR count). The number of rotatable bonds is 2. The van der Waals surface area contributed by atoms with Gasteiger partial charge < -0.3 is 15.7 Å². The number of aromatic nitrogens is 1. The van der Waals surface area contributed by atoms with E-state index in [4.69, 9.17) is 5.73 Å². The maximum absolute atomic E-state index is 9.28. The summed E-state index contributed by atoms with van der Waals surface area (Å²) in [5.74, 6) is 0.919. The Kier molecular flexibility index (Phi) is 3.06. The Morgan fingerprint density at radius 1 is 1.47 bits per heavy atom. The predicted octanol–water partition coefficient (Wildman–Crippen LogP) is 1.02. The van der Waals surface area contributed by atoms with Gasteiger partial charge in [-0.2, -0.15) is 0 Å². The molecule has 0 aromatic carbocycles. The van der Waals surface area contributed by atoms with E-state index in [0.29, 0.717) is 5.69 Å². The van der Waals surface area contributed by atoms with Crippen molar-refractivity contribution in [2.45, 2.75) is 25.3 Å². The van der Waals surface area contributed by atoms with Gasteiger partial charge in [0, 0.05) is 6.54 Å². The summed E-state index contributed by atoms with van der Waals surface area (Å²) in [7, 11) is 0. The molecule has 4 nitrogen and oxygen atoms in total. The molecule has 0 aliphatic carbocycles. The molecule has 0 radical (unpaired) electrons. The van der Waals surface area contributed by atoms with Crippen molar-refractivity contribution in [2.75, 3.05) is 23.8 Å². The Balaban J connectivity index is 2.16. The molecule has 1 aliphatic heterocycles.